The predicted molar refractivity (Wildman–Crippen MR) is 103 cm³/mol. The quantitative estimate of drug-likeness (QED) is 0.431. The zero-order chi connectivity index (χ0) is 18.1. The van der Waals surface area contributed by atoms with Crippen molar-refractivity contribution in [3.63, 3.8) is 0 Å². The van der Waals surface area contributed by atoms with Crippen LogP contribution >= 0.6 is 11.3 Å². The van der Waals surface area contributed by atoms with Crippen molar-refractivity contribution in [2.24, 2.45) is 0 Å². The molecule has 0 radical (unpaired) electrons. The van der Waals surface area contributed by atoms with Crippen LogP contribution in [0.3, 0.4) is 0 Å². The lowest BCUT2D eigenvalue weighted by atomic mass is 10.1. The Bertz CT molecular complexity index is 722. The van der Waals surface area contributed by atoms with Gasteiger partial charge in [0.05, 0.1) is 5.69 Å². The molecule has 2 aromatic rings. The van der Waals surface area contributed by atoms with Crippen molar-refractivity contribution in [1.29, 1.82) is 0 Å². The van der Waals surface area contributed by atoms with Crippen LogP contribution in [0.25, 0.3) is 10.4 Å². The van der Waals surface area contributed by atoms with E-state index < -0.39 is 5.97 Å². The molecule has 0 spiro atoms. The van der Waals surface area contributed by atoms with E-state index >= 15 is 0 Å². The van der Waals surface area contributed by atoms with Gasteiger partial charge in [-0.05, 0) is 30.9 Å². The number of amides is 1. The normalized spacial score (nSPS) is 10.4. The number of carboxylic acids is 1. The Morgan fingerprint density at radius 1 is 1.12 bits per heavy atom. The highest BCUT2D eigenvalue weighted by molar-refractivity contribution is 7.18. The fraction of sp³-hybridized carbons (Fsp3) is 0.300. The zero-order valence-corrected chi connectivity index (χ0v) is 15.0. The highest BCUT2D eigenvalue weighted by Crippen LogP contribution is 2.34. The van der Waals surface area contributed by atoms with Gasteiger partial charge in [-0.15, -0.1) is 17.9 Å². The van der Waals surface area contributed by atoms with Gasteiger partial charge >= 0.3 is 5.97 Å². The first-order chi connectivity index (χ1) is 12.1. The largest absolute Gasteiger partial charge is 0.477 e. The molecule has 1 amide bonds. The van der Waals surface area contributed by atoms with Gasteiger partial charge in [-0.2, -0.15) is 0 Å². The number of allylic oxidation sites excluding steroid dienone is 1. The summed E-state index contributed by atoms with van der Waals surface area (Å²) in [5.41, 5.74) is 1.32. The number of rotatable bonds is 10. The van der Waals surface area contributed by atoms with E-state index in [2.05, 4.69) is 11.9 Å². The van der Waals surface area contributed by atoms with Gasteiger partial charge in [0.25, 0.3) is 0 Å². The average Bonchev–Trinajstić information content (AvgIpc) is 3.03. The molecule has 5 heteroatoms. The summed E-state index contributed by atoms with van der Waals surface area (Å²) in [6.45, 7) is 3.69. The second kappa shape index (κ2) is 9.79. The minimum absolute atomic E-state index is 0.136. The summed E-state index contributed by atoms with van der Waals surface area (Å²) in [6, 6.07) is 11.3. The summed E-state index contributed by atoms with van der Waals surface area (Å²) in [5.74, 6) is -1.16. The molecule has 2 N–H and O–H groups in total. The first-order valence-electron chi connectivity index (χ1n) is 8.45. The first kappa shape index (κ1) is 18.9. The van der Waals surface area contributed by atoms with Gasteiger partial charge in [-0.3, -0.25) is 4.79 Å². The Morgan fingerprint density at radius 3 is 2.52 bits per heavy atom. The third kappa shape index (κ3) is 5.87. The number of thiophene rings is 1. The molecular weight excluding hydrogens is 334 g/mol. The lowest BCUT2D eigenvalue weighted by Crippen LogP contribution is -2.12. The second-order valence-corrected chi connectivity index (χ2v) is 6.87. The maximum atomic E-state index is 12.1. The van der Waals surface area contributed by atoms with Crippen LogP contribution in [0, 0.1) is 0 Å². The van der Waals surface area contributed by atoms with Crippen LogP contribution in [-0.2, 0) is 4.79 Å². The molecule has 1 aromatic heterocycles. The van der Waals surface area contributed by atoms with Gasteiger partial charge in [-0.25, -0.2) is 4.79 Å². The van der Waals surface area contributed by atoms with Crippen molar-refractivity contribution >= 4 is 28.9 Å². The Kier molecular flexibility index (Phi) is 7.41. The van der Waals surface area contributed by atoms with Gasteiger partial charge in [0.15, 0.2) is 0 Å². The molecule has 0 bridgehead atoms. The van der Waals surface area contributed by atoms with Crippen LogP contribution in [0.4, 0.5) is 5.69 Å². The molecule has 0 unspecified atom stereocenters. The van der Waals surface area contributed by atoms with E-state index in [9.17, 15) is 14.7 Å². The molecule has 25 heavy (non-hydrogen) atoms. The van der Waals surface area contributed by atoms with E-state index in [1.165, 1.54) is 11.3 Å². The molecule has 0 atom stereocenters. The van der Waals surface area contributed by atoms with Gasteiger partial charge in [0.2, 0.25) is 5.91 Å². The number of carboxylic acid groups (broad SMARTS) is 1. The molecule has 4 nitrogen and oxygen atoms in total. The lowest BCUT2D eigenvalue weighted by molar-refractivity contribution is -0.116. The van der Waals surface area contributed by atoms with Crippen molar-refractivity contribution in [2.75, 3.05) is 5.32 Å². The molecule has 1 aromatic carbocycles. The summed E-state index contributed by atoms with van der Waals surface area (Å²) in [6.07, 6.45) is 7.29. The Labute approximate surface area is 152 Å². The van der Waals surface area contributed by atoms with Crippen molar-refractivity contribution in [3.8, 4) is 10.4 Å². The molecule has 0 saturated carbocycles. The maximum absolute atomic E-state index is 12.1. The van der Waals surface area contributed by atoms with Crippen molar-refractivity contribution in [1.82, 2.24) is 0 Å². The van der Waals surface area contributed by atoms with Gasteiger partial charge in [0, 0.05) is 11.3 Å². The van der Waals surface area contributed by atoms with Crippen LogP contribution in [0.15, 0.2) is 49.1 Å². The topological polar surface area (TPSA) is 66.4 Å². The number of hydrogen-bond acceptors (Lipinski definition) is 3. The van der Waals surface area contributed by atoms with Gasteiger partial charge in [-0.1, -0.05) is 49.2 Å². The predicted octanol–water partition coefficient (Wildman–Crippen LogP) is 5.58. The van der Waals surface area contributed by atoms with Crippen LogP contribution in [-0.4, -0.2) is 17.0 Å². The molecule has 0 saturated heterocycles. The molecule has 2 rings (SSSR count). The number of aromatic carboxylic acids is 1. The Hall–Kier alpha value is -2.40. The van der Waals surface area contributed by atoms with Crippen LogP contribution in [0.2, 0.25) is 0 Å². The van der Waals surface area contributed by atoms with E-state index in [4.69, 9.17) is 0 Å². The van der Waals surface area contributed by atoms with Crippen LogP contribution in [0.5, 0.6) is 0 Å². The zero-order valence-electron chi connectivity index (χ0n) is 14.2. The summed E-state index contributed by atoms with van der Waals surface area (Å²) >= 11 is 1.18. The van der Waals surface area contributed by atoms with E-state index in [-0.39, 0.29) is 10.8 Å². The highest BCUT2D eigenvalue weighted by Gasteiger charge is 2.18. The molecule has 1 heterocycles. The number of hydrogen-bond donors (Lipinski definition) is 2. The number of unbranched alkanes of at least 4 members (excludes halogenated alkanes) is 4. The summed E-state index contributed by atoms with van der Waals surface area (Å²) < 4.78 is 0. The van der Waals surface area contributed by atoms with Crippen molar-refractivity contribution < 1.29 is 14.7 Å². The smallest absolute Gasteiger partial charge is 0.348 e. The SMILES string of the molecule is C=CCCCCCCC(=O)Nc1cc(-c2ccccc2)sc1C(=O)O. The third-order valence-electron chi connectivity index (χ3n) is 3.82. The van der Waals surface area contributed by atoms with Crippen LogP contribution < -0.4 is 5.32 Å². The van der Waals surface area contributed by atoms with Crippen molar-refractivity contribution in [3.05, 3.63) is 53.9 Å². The fourth-order valence-electron chi connectivity index (χ4n) is 2.53. The lowest BCUT2D eigenvalue weighted by Gasteiger charge is -2.04. The van der Waals surface area contributed by atoms with Gasteiger partial charge in [0.1, 0.15) is 4.88 Å². The highest BCUT2D eigenvalue weighted by atomic mass is 32.1. The van der Waals surface area contributed by atoms with Gasteiger partial charge < -0.3 is 10.4 Å². The standard InChI is InChI=1S/C20H23NO3S/c1-2-3-4-5-6-10-13-18(22)21-16-14-17(25-19(16)20(23)24)15-11-8-7-9-12-15/h2,7-9,11-12,14H,1,3-6,10,13H2,(H,21,22)(H,23,24). The number of nitrogens with one attached hydrogen (secondary N) is 1. The molecule has 0 aliphatic heterocycles. The molecule has 132 valence electrons. The third-order valence-corrected chi connectivity index (χ3v) is 4.99. The Balaban J connectivity index is 1.96. The second-order valence-electron chi connectivity index (χ2n) is 5.81. The van der Waals surface area contributed by atoms with Crippen LogP contribution in [0.1, 0.15) is 48.2 Å². The van der Waals surface area contributed by atoms with E-state index in [1.807, 2.05) is 36.4 Å². The summed E-state index contributed by atoms with van der Waals surface area (Å²) in [4.78, 5) is 24.6. The number of anilines is 1. The molecule has 0 aliphatic rings. The number of carbonyl (C=O) groups is 2. The minimum atomic E-state index is -1.02. The molecular formula is C20H23NO3S. The summed E-state index contributed by atoms with van der Waals surface area (Å²) in [7, 11) is 0. The minimum Gasteiger partial charge on any atom is -0.477 e. The maximum Gasteiger partial charge on any atom is 0.348 e. The number of carbonyl (C=O) groups excluding carboxylic acids is 1. The van der Waals surface area contributed by atoms with Crippen molar-refractivity contribution in [2.45, 2.75) is 38.5 Å². The fourth-order valence-corrected chi connectivity index (χ4v) is 3.49. The number of benzene rings is 1. The van der Waals surface area contributed by atoms with E-state index in [0.717, 1.165) is 42.5 Å². The average molecular weight is 357 g/mol. The van der Waals surface area contributed by atoms with E-state index in [0.29, 0.717) is 12.1 Å². The first-order valence-corrected chi connectivity index (χ1v) is 9.26. The molecule has 0 aliphatic carbocycles. The van der Waals surface area contributed by atoms with E-state index in [1.54, 1.807) is 6.07 Å². The monoisotopic (exact) mass is 357 g/mol. The summed E-state index contributed by atoms with van der Waals surface area (Å²) in [5, 5.41) is 12.1. The Morgan fingerprint density at radius 2 is 1.84 bits per heavy atom. The molecule has 0 fully saturated rings.